The van der Waals surface area contributed by atoms with E-state index in [2.05, 4.69) is 0 Å². The second-order valence-corrected chi connectivity index (χ2v) is 3.96. The van der Waals surface area contributed by atoms with Gasteiger partial charge in [0.15, 0.2) is 11.5 Å². The summed E-state index contributed by atoms with van der Waals surface area (Å²) in [5.41, 5.74) is -3.67. The Morgan fingerprint density at radius 1 is 1.12 bits per heavy atom. The SMILES string of the molecule is COc1ccc(CSC(F)(F)F)cc1OC. The fraction of sp³-hybridized carbons (Fsp3) is 0.400. The summed E-state index contributed by atoms with van der Waals surface area (Å²) in [6.45, 7) is 0. The lowest BCUT2D eigenvalue weighted by molar-refractivity contribution is -0.0329. The van der Waals surface area contributed by atoms with E-state index in [1.807, 2.05) is 0 Å². The molecule has 2 nitrogen and oxygen atoms in total. The number of alkyl halides is 3. The van der Waals surface area contributed by atoms with Gasteiger partial charge in [-0.25, -0.2) is 0 Å². The summed E-state index contributed by atoms with van der Waals surface area (Å²) in [5, 5.41) is 0. The molecule has 0 N–H and O–H groups in total. The molecular weight excluding hydrogens is 241 g/mol. The number of thioether (sulfide) groups is 1. The summed E-state index contributed by atoms with van der Waals surface area (Å²) >= 11 is -0.0771. The second-order valence-electron chi connectivity index (χ2n) is 2.92. The fourth-order valence-corrected chi connectivity index (χ4v) is 1.65. The molecule has 0 spiro atoms. The van der Waals surface area contributed by atoms with Gasteiger partial charge in [-0.05, 0) is 29.5 Å². The summed E-state index contributed by atoms with van der Waals surface area (Å²) in [6, 6.07) is 4.71. The van der Waals surface area contributed by atoms with E-state index in [4.69, 9.17) is 9.47 Å². The Bertz CT molecular complexity index is 352. The van der Waals surface area contributed by atoms with E-state index in [9.17, 15) is 13.2 Å². The first-order valence-electron chi connectivity index (χ1n) is 4.38. The van der Waals surface area contributed by atoms with Crippen molar-refractivity contribution in [3.8, 4) is 11.5 Å². The zero-order chi connectivity index (χ0) is 12.2. The molecule has 0 aliphatic rings. The summed E-state index contributed by atoms with van der Waals surface area (Å²) in [4.78, 5) is 0. The molecule has 16 heavy (non-hydrogen) atoms. The molecule has 90 valence electrons. The Hall–Kier alpha value is -1.04. The number of ether oxygens (including phenoxy) is 2. The Morgan fingerprint density at radius 3 is 2.25 bits per heavy atom. The van der Waals surface area contributed by atoms with E-state index in [0.717, 1.165) is 0 Å². The molecule has 1 aromatic carbocycles. The number of rotatable bonds is 4. The predicted octanol–water partition coefficient (Wildman–Crippen LogP) is 3.46. The van der Waals surface area contributed by atoms with Crippen LogP contribution in [0.1, 0.15) is 5.56 Å². The molecule has 1 aromatic rings. The van der Waals surface area contributed by atoms with Crippen LogP contribution in [-0.2, 0) is 5.75 Å². The van der Waals surface area contributed by atoms with Gasteiger partial charge >= 0.3 is 5.51 Å². The number of hydrogen-bond donors (Lipinski definition) is 0. The minimum atomic E-state index is -4.22. The molecule has 0 bridgehead atoms. The molecule has 0 unspecified atom stereocenters. The zero-order valence-electron chi connectivity index (χ0n) is 8.80. The summed E-state index contributed by atoms with van der Waals surface area (Å²) in [6.07, 6.45) is 0. The van der Waals surface area contributed by atoms with Crippen LogP contribution in [0.5, 0.6) is 11.5 Å². The van der Waals surface area contributed by atoms with Crippen molar-refractivity contribution in [3.05, 3.63) is 23.8 Å². The molecule has 0 heterocycles. The lowest BCUT2D eigenvalue weighted by Gasteiger charge is -2.10. The van der Waals surface area contributed by atoms with E-state index < -0.39 is 5.51 Å². The molecule has 0 saturated heterocycles. The zero-order valence-corrected chi connectivity index (χ0v) is 9.61. The molecule has 0 aliphatic carbocycles. The van der Waals surface area contributed by atoms with Crippen molar-refractivity contribution in [2.75, 3.05) is 14.2 Å². The highest BCUT2D eigenvalue weighted by Gasteiger charge is 2.27. The average molecular weight is 252 g/mol. The van der Waals surface area contributed by atoms with Crippen LogP contribution in [0.25, 0.3) is 0 Å². The van der Waals surface area contributed by atoms with E-state index in [0.29, 0.717) is 17.1 Å². The van der Waals surface area contributed by atoms with Crippen molar-refractivity contribution in [2.24, 2.45) is 0 Å². The highest BCUT2D eigenvalue weighted by Crippen LogP contribution is 2.35. The quantitative estimate of drug-likeness (QED) is 0.817. The molecule has 0 atom stereocenters. The van der Waals surface area contributed by atoms with E-state index >= 15 is 0 Å². The highest BCUT2D eigenvalue weighted by molar-refractivity contribution is 7.99. The van der Waals surface area contributed by atoms with Crippen LogP contribution in [0.4, 0.5) is 13.2 Å². The monoisotopic (exact) mass is 252 g/mol. The number of halogens is 3. The van der Waals surface area contributed by atoms with Crippen LogP contribution in [0.2, 0.25) is 0 Å². The highest BCUT2D eigenvalue weighted by atomic mass is 32.2. The van der Waals surface area contributed by atoms with Gasteiger partial charge in [0.2, 0.25) is 0 Å². The molecule has 0 amide bonds. The van der Waals surface area contributed by atoms with Gasteiger partial charge < -0.3 is 9.47 Å². The smallest absolute Gasteiger partial charge is 0.442 e. The predicted molar refractivity (Wildman–Crippen MR) is 56.9 cm³/mol. The summed E-state index contributed by atoms with van der Waals surface area (Å²) in [7, 11) is 2.92. The molecule has 0 saturated carbocycles. The average Bonchev–Trinajstić information content (AvgIpc) is 2.25. The fourth-order valence-electron chi connectivity index (χ4n) is 1.14. The maximum atomic E-state index is 12.0. The van der Waals surface area contributed by atoms with Crippen molar-refractivity contribution in [1.82, 2.24) is 0 Å². The first-order chi connectivity index (χ1) is 7.46. The minimum absolute atomic E-state index is 0.0771. The second kappa shape index (κ2) is 5.34. The van der Waals surface area contributed by atoms with E-state index in [1.165, 1.54) is 20.3 Å². The van der Waals surface area contributed by atoms with Gasteiger partial charge in [0.25, 0.3) is 0 Å². The van der Waals surface area contributed by atoms with Crippen LogP contribution in [0.3, 0.4) is 0 Å². The van der Waals surface area contributed by atoms with E-state index in [1.54, 1.807) is 12.1 Å². The van der Waals surface area contributed by atoms with Gasteiger partial charge in [-0.3, -0.25) is 0 Å². The van der Waals surface area contributed by atoms with Crippen LogP contribution in [0, 0.1) is 0 Å². The minimum Gasteiger partial charge on any atom is -0.493 e. The van der Waals surface area contributed by atoms with Crippen molar-refractivity contribution in [1.29, 1.82) is 0 Å². The van der Waals surface area contributed by atoms with Crippen LogP contribution >= 0.6 is 11.8 Å². The summed E-state index contributed by atoms with van der Waals surface area (Å²) in [5.74, 6) is 0.801. The third-order valence-corrected chi connectivity index (χ3v) is 2.66. The third kappa shape index (κ3) is 3.84. The van der Waals surface area contributed by atoms with Crippen molar-refractivity contribution < 1.29 is 22.6 Å². The molecular formula is C10H11F3O2S. The number of hydrogen-bond acceptors (Lipinski definition) is 3. The Labute approximate surface area is 95.7 Å². The normalized spacial score (nSPS) is 11.3. The van der Waals surface area contributed by atoms with Crippen molar-refractivity contribution in [3.63, 3.8) is 0 Å². The maximum absolute atomic E-state index is 12.0. The van der Waals surface area contributed by atoms with Gasteiger partial charge in [-0.15, -0.1) is 0 Å². The molecule has 0 aliphatic heterocycles. The maximum Gasteiger partial charge on any atom is 0.442 e. The topological polar surface area (TPSA) is 18.5 Å². The third-order valence-electron chi connectivity index (χ3n) is 1.85. The molecule has 6 heteroatoms. The van der Waals surface area contributed by atoms with Crippen LogP contribution < -0.4 is 9.47 Å². The van der Waals surface area contributed by atoms with Crippen LogP contribution in [-0.4, -0.2) is 19.7 Å². The Balaban J connectivity index is 2.75. The molecule has 1 rings (SSSR count). The van der Waals surface area contributed by atoms with Gasteiger partial charge in [0.05, 0.1) is 14.2 Å². The largest absolute Gasteiger partial charge is 0.493 e. The first kappa shape index (κ1) is 13.0. The van der Waals surface area contributed by atoms with Crippen molar-refractivity contribution >= 4 is 11.8 Å². The molecule has 0 aromatic heterocycles. The number of methoxy groups -OCH3 is 2. The lowest BCUT2D eigenvalue weighted by Crippen LogP contribution is -2.00. The van der Waals surface area contributed by atoms with Gasteiger partial charge in [0, 0.05) is 5.75 Å². The van der Waals surface area contributed by atoms with Gasteiger partial charge in [-0.2, -0.15) is 13.2 Å². The molecule has 0 fully saturated rings. The summed E-state index contributed by atoms with van der Waals surface area (Å²) < 4.78 is 45.9. The first-order valence-corrected chi connectivity index (χ1v) is 5.36. The number of benzene rings is 1. The lowest BCUT2D eigenvalue weighted by atomic mass is 10.2. The van der Waals surface area contributed by atoms with Gasteiger partial charge in [-0.1, -0.05) is 6.07 Å². The Kier molecular flexibility index (Phi) is 4.35. The Morgan fingerprint density at radius 2 is 1.75 bits per heavy atom. The van der Waals surface area contributed by atoms with Crippen LogP contribution in [0.15, 0.2) is 18.2 Å². The molecule has 0 radical (unpaired) electrons. The standard InChI is InChI=1S/C10H11F3O2S/c1-14-8-4-3-7(5-9(8)15-2)6-16-10(11,12)13/h3-5H,6H2,1-2H3. The van der Waals surface area contributed by atoms with Crippen molar-refractivity contribution in [2.45, 2.75) is 11.3 Å². The van der Waals surface area contributed by atoms with Gasteiger partial charge in [0.1, 0.15) is 0 Å². The van der Waals surface area contributed by atoms with E-state index in [-0.39, 0.29) is 17.5 Å².